The maximum atomic E-state index is 11.8. The average Bonchev–Trinajstić information content (AvgIpc) is 2.34. The molecule has 5 nitrogen and oxygen atoms in total. The lowest BCUT2D eigenvalue weighted by Crippen LogP contribution is -2.36. The van der Waals surface area contributed by atoms with Crippen molar-refractivity contribution in [3.8, 4) is 0 Å². The summed E-state index contributed by atoms with van der Waals surface area (Å²) < 4.78 is 0. The lowest BCUT2D eigenvalue weighted by Gasteiger charge is -2.20. The van der Waals surface area contributed by atoms with E-state index in [1.54, 1.807) is 4.90 Å². The number of carboxylic acid groups (broad SMARTS) is 1. The number of amides is 1. The predicted octanol–water partition coefficient (Wildman–Crippen LogP) is 1.27. The minimum Gasteiger partial charge on any atom is -0.481 e. The number of likely N-dealkylation sites (N-methyl/N-ethyl adjacent to an activating group) is 1. The highest BCUT2D eigenvalue weighted by atomic mass is 16.4. The number of aliphatic carboxylic acids is 1. The molecule has 0 bridgehead atoms. The van der Waals surface area contributed by atoms with Gasteiger partial charge in [-0.25, -0.2) is 0 Å². The van der Waals surface area contributed by atoms with Crippen molar-refractivity contribution in [1.82, 2.24) is 10.2 Å². The zero-order chi connectivity index (χ0) is 14.3. The van der Waals surface area contributed by atoms with E-state index in [1.165, 1.54) is 0 Å². The van der Waals surface area contributed by atoms with E-state index >= 15 is 0 Å². The van der Waals surface area contributed by atoms with Gasteiger partial charge in [0.2, 0.25) is 5.91 Å². The van der Waals surface area contributed by atoms with E-state index in [9.17, 15) is 9.59 Å². The predicted molar refractivity (Wildman–Crippen MR) is 72.7 cm³/mol. The van der Waals surface area contributed by atoms with Gasteiger partial charge >= 0.3 is 5.97 Å². The second-order valence-electron chi connectivity index (χ2n) is 4.70. The Hall–Kier alpha value is -1.88. The molecule has 1 atom stereocenters. The van der Waals surface area contributed by atoms with Crippen molar-refractivity contribution >= 4 is 11.9 Å². The fraction of sp³-hybridized carbons (Fsp3) is 0.429. The summed E-state index contributed by atoms with van der Waals surface area (Å²) in [6, 6.07) is 9.16. The van der Waals surface area contributed by atoms with Crippen LogP contribution in [0.2, 0.25) is 0 Å². The molecule has 0 aliphatic rings. The quantitative estimate of drug-likeness (QED) is 0.778. The fourth-order valence-corrected chi connectivity index (χ4v) is 1.80. The number of rotatable bonds is 7. The van der Waals surface area contributed by atoms with Crippen LogP contribution in [0.3, 0.4) is 0 Å². The van der Waals surface area contributed by atoms with Crippen molar-refractivity contribution in [2.75, 3.05) is 20.6 Å². The molecule has 1 amide bonds. The molecule has 1 unspecified atom stereocenters. The molecule has 0 radical (unpaired) electrons. The minimum absolute atomic E-state index is 0.0296. The van der Waals surface area contributed by atoms with E-state index in [0.29, 0.717) is 6.42 Å². The summed E-state index contributed by atoms with van der Waals surface area (Å²) in [6.07, 6.45) is 0.417. The Bertz CT molecular complexity index is 418. The Labute approximate surface area is 113 Å². The van der Waals surface area contributed by atoms with E-state index in [0.717, 1.165) is 5.56 Å². The van der Waals surface area contributed by atoms with Crippen molar-refractivity contribution in [2.45, 2.75) is 18.9 Å². The molecule has 1 aromatic rings. The monoisotopic (exact) mass is 264 g/mol. The Morgan fingerprint density at radius 3 is 2.42 bits per heavy atom. The number of carboxylic acids is 1. The molecule has 0 aliphatic carbocycles. The lowest BCUT2D eigenvalue weighted by molar-refractivity contribution is -0.137. The molecule has 2 N–H and O–H groups in total. The van der Waals surface area contributed by atoms with Gasteiger partial charge in [-0.15, -0.1) is 0 Å². The number of carbonyl (C=O) groups excluding carboxylic acids is 1. The van der Waals surface area contributed by atoms with E-state index in [2.05, 4.69) is 5.32 Å². The average molecular weight is 264 g/mol. The zero-order valence-corrected chi connectivity index (χ0v) is 11.3. The van der Waals surface area contributed by atoms with Crippen LogP contribution in [-0.2, 0) is 9.59 Å². The molecule has 0 fully saturated rings. The maximum absolute atomic E-state index is 11.8. The van der Waals surface area contributed by atoms with Gasteiger partial charge in [0.05, 0.1) is 12.6 Å². The van der Waals surface area contributed by atoms with Crippen molar-refractivity contribution in [3.63, 3.8) is 0 Å². The van der Waals surface area contributed by atoms with Crippen LogP contribution in [0.5, 0.6) is 0 Å². The van der Waals surface area contributed by atoms with Gasteiger partial charge in [0.15, 0.2) is 0 Å². The molecule has 19 heavy (non-hydrogen) atoms. The zero-order valence-electron chi connectivity index (χ0n) is 11.3. The molecule has 0 saturated heterocycles. The van der Waals surface area contributed by atoms with Crippen LogP contribution in [-0.4, -0.2) is 42.5 Å². The van der Waals surface area contributed by atoms with Crippen LogP contribution in [0, 0.1) is 0 Å². The van der Waals surface area contributed by atoms with Crippen LogP contribution < -0.4 is 5.32 Å². The van der Waals surface area contributed by atoms with Crippen molar-refractivity contribution in [2.24, 2.45) is 0 Å². The highest BCUT2D eigenvalue weighted by Crippen LogP contribution is 2.18. The smallest absolute Gasteiger partial charge is 0.303 e. The maximum Gasteiger partial charge on any atom is 0.303 e. The van der Waals surface area contributed by atoms with Crippen molar-refractivity contribution < 1.29 is 14.7 Å². The second-order valence-corrected chi connectivity index (χ2v) is 4.70. The molecule has 0 aromatic heterocycles. The number of hydrogen-bond donors (Lipinski definition) is 2. The number of nitrogens with zero attached hydrogens (tertiary/aromatic N) is 1. The van der Waals surface area contributed by atoms with Crippen LogP contribution >= 0.6 is 0 Å². The second kappa shape index (κ2) is 7.53. The third kappa shape index (κ3) is 6.01. The topological polar surface area (TPSA) is 69.6 Å². The summed E-state index contributed by atoms with van der Waals surface area (Å²) in [5, 5.41) is 11.6. The first-order valence-corrected chi connectivity index (χ1v) is 6.20. The number of benzene rings is 1. The van der Waals surface area contributed by atoms with Crippen LogP contribution in [0.1, 0.15) is 24.4 Å². The third-order valence-corrected chi connectivity index (χ3v) is 2.64. The molecule has 0 heterocycles. The Balaban J connectivity index is 2.69. The summed E-state index contributed by atoms with van der Waals surface area (Å²) in [5.41, 5.74) is 0.927. The highest BCUT2D eigenvalue weighted by Gasteiger charge is 2.16. The van der Waals surface area contributed by atoms with Crippen molar-refractivity contribution in [3.05, 3.63) is 35.9 Å². The molecule has 0 aliphatic heterocycles. The Morgan fingerprint density at radius 1 is 1.26 bits per heavy atom. The van der Waals surface area contributed by atoms with Gasteiger partial charge in [-0.1, -0.05) is 30.3 Å². The van der Waals surface area contributed by atoms with E-state index in [4.69, 9.17) is 5.11 Å². The largest absolute Gasteiger partial charge is 0.481 e. The standard InChI is InChI=1S/C14H20N2O3/c1-16(2)10-13(17)15-12(8-9-14(18)19)11-6-4-3-5-7-11/h3-7,12H,8-10H2,1-2H3,(H,15,17)(H,18,19). The van der Waals surface area contributed by atoms with E-state index in [1.807, 2.05) is 44.4 Å². The summed E-state index contributed by atoms with van der Waals surface area (Å²) >= 11 is 0. The summed E-state index contributed by atoms with van der Waals surface area (Å²) in [6.45, 7) is 0.288. The van der Waals surface area contributed by atoms with Gasteiger partial charge < -0.3 is 15.3 Å². The van der Waals surface area contributed by atoms with Gasteiger partial charge in [0.1, 0.15) is 0 Å². The molecular formula is C14H20N2O3. The lowest BCUT2D eigenvalue weighted by atomic mass is 10.0. The SMILES string of the molecule is CN(C)CC(=O)NC(CCC(=O)O)c1ccccc1. The fourth-order valence-electron chi connectivity index (χ4n) is 1.80. The molecular weight excluding hydrogens is 244 g/mol. The van der Waals surface area contributed by atoms with Gasteiger partial charge in [-0.05, 0) is 26.1 Å². The molecule has 0 saturated carbocycles. The number of carbonyl (C=O) groups is 2. The normalized spacial score (nSPS) is 12.2. The molecule has 0 spiro atoms. The van der Waals surface area contributed by atoms with Gasteiger partial charge in [-0.3, -0.25) is 9.59 Å². The van der Waals surface area contributed by atoms with Crippen LogP contribution in [0.4, 0.5) is 0 Å². The van der Waals surface area contributed by atoms with E-state index < -0.39 is 5.97 Å². The molecule has 1 rings (SSSR count). The van der Waals surface area contributed by atoms with E-state index in [-0.39, 0.29) is 24.9 Å². The number of hydrogen-bond acceptors (Lipinski definition) is 3. The van der Waals surface area contributed by atoms with Crippen LogP contribution in [0.25, 0.3) is 0 Å². The summed E-state index contributed by atoms with van der Waals surface area (Å²) in [4.78, 5) is 24.2. The van der Waals surface area contributed by atoms with Crippen molar-refractivity contribution in [1.29, 1.82) is 0 Å². The summed E-state index contributed by atoms with van der Waals surface area (Å²) in [7, 11) is 3.63. The van der Waals surface area contributed by atoms with Gasteiger partial charge in [-0.2, -0.15) is 0 Å². The Morgan fingerprint density at radius 2 is 1.89 bits per heavy atom. The molecule has 1 aromatic carbocycles. The molecule has 5 heteroatoms. The van der Waals surface area contributed by atoms with Gasteiger partial charge in [0.25, 0.3) is 0 Å². The molecule has 104 valence electrons. The van der Waals surface area contributed by atoms with Gasteiger partial charge in [0, 0.05) is 6.42 Å². The Kier molecular flexibility index (Phi) is 6.02. The minimum atomic E-state index is -0.859. The highest BCUT2D eigenvalue weighted by molar-refractivity contribution is 5.78. The first-order valence-electron chi connectivity index (χ1n) is 6.20. The first-order chi connectivity index (χ1) is 8.99. The summed E-state index contributed by atoms with van der Waals surface area (Å²) in [5.74, 6) is -0.966. The van der Waals surface area contributed by atoms with Crippen LogP contribution in [0.15, 0.2) is 30.3 Å². The first kappa shape index (κ1) is 15.2. The number of nitrogens with one attached hydrogen (secondary N) is 1. The third-order valence-electron chi connectivity index (χ3n) is 2.64.